The first-order chi connectivity index (χ1) is 9.84. The Labute approximate surface area is 117 Å². The van der Waals surface area contributed by atoms with E-state index in [1.54, 1.807) is 17.1 Å². The molecule has 0 spiro atoms. The van der Waals surface area contributed by atoms with Gasteiger partial charge in [-0.2, -0.15) is 18.3 Å². The van der Waals surface area contributed by atoms with Gasteiger partial charge in [-0.15, -0.1) is 0 Å². The van der Waals surface area contributed by atoms with E-state index in [1.807, 2.05) is 13.8 Å². The lowest BCUT2D eigenvalue weighted by atomic mass is 10.2. The van der Waals surface area contributed by atoms with E-state index in [0.717, 1.165) is 12.3 Å². The molecule has 0 saturated carbocycles. The first-order valence-electron chi connectivity index (χ1n) is 6.32. The van der Waals surface area contributed by atoms with Crippen molar-refractivity contribution in [1.82, 2.24) is 24.7 Å². The number of H-pyrrole nitrogens is 1. The van der Waals surface area contributed by atoms with Gasteiger partial charge in [-0.3, -0.25) is 4.68 Å². The molecule has 3 rings (SSSR count). The van der Waals surface area contributed by atoms with Crippen LogP contribution in [0.15, 0.2) is 24.7 Å². The lowest BCUT2D eigenvalue weighted by Gasteiger charge is -2.04. The average molecular weight is 295 g/mol. The maximum atomic E-state index is 12.7. The first kappa shape index (κ1) is 13.6. The van der Waals surface area contributed by atoms with Crippen molar-refractivity contribution in [1.29, 1.82) is 0 Å². The summed E-state index contributed by atoms with van der Waals surface area (Å²) in [5.74, 6) is 0.448. The van der Waals surface area contributed by atoms with Gasteiger partial charge < -0.3 is 4.98 Å². The Kier molecular flexibility index (Phi) is 2.96. The minimum absolute atomic E-state index is 0.193. The molecular formula is C13H12F3N5. The molecule has 0 unspecified atom stereocenters. The summed E-state index contributed by atoms with van der Waals surface area (Å²) in [6.45, 7) is 3.96. The summed E-state index contributed by atoms with van der Waals surface area (Å²) < 4.78 is 39.7. The van der Waals surface area contributed by atoms with Crippen LogP contribution in [0.4, 0.5) is 13.2 Å². The lowest BCUT2D eigenvalue weighted by Crippen LogP contribution is -2.05. The van der Waals surface area contributed by atoms with Gasteiger partial charge in [0.15, 0.2) is 5.65 Å². The Morgan fingerprint density at radius 3 is 2.62 bits per heavy atom. The number of hydrogen-bond acceptors (Lipinski definition) is 3. The molecule has 3 aromatic rings. The van der Waals surface area contributed by atoms with Crippen LogP contribution in [0.5, 0.6) is 0 Å². The van der Waals surface area contributed by atoms with Crippen molar-refractivity contribution in [2.75, 3.05) is 0 Å². The molecule has 0 aliphatic carbocycles. The summed E-state index contributed by atoms with van der Waals surface area (Å²) >= 11 is 0. The predicted octanol–water partition coefficient (Wildman–Crippen LogP) is 3.42. The number of hydrogen-bond donors (Lipinski definition) is 1. The van der Waals surface area contributed by atoms with Gasteiger partial charge in [-0.05, 0) is 19.9 Å². The van der Waals surface area contributed by atoms with Crippen molar-refractivity contribution in [2.45, 2.75) is 26.1 Å². The molecule has 0 aliphatic heterocycles. The largest absolute Gasteiger partial charge is 0.417 e. The number of rotatable bonds is 2. The van der Waals surface area contributed by atoms with Crippen molar-refractivity contribution >= 4 is 11.2 Å². The Morgan fingerprint density at radius 2 is 2.00 bits per heavy atom. The van der Waals surface area contributed by atoms with Crippen LogP contribution in [0.25, 0.3) is 22.6 Å². The van der Waals surface area contributed by atoms with Gasteiger partial charge in [-0.1, -0.05) is 0 Å². The fraction of sp³-hybridized carbons (Fsp3) is 0.308. The zero-order valence-corrected chi connectivity index (χ0v) is 11.3. The highest BCUT2D eigenvalue weighted by atomic mass is 19.4. The molecule has 0 amide bonds. The number of fused-ring (bicyclic) bond motifs is 1. The van der Waals surface area contributed by atoms with Gasteiger partial charge in [0.05, 0.1) is 22.8 Å². The molecule has 21 heavy (non-hydrogen) atoms. The maximum Gasteiger partial charge on any atom is 0.417 e. The van der Waals surface area contributed by atoms with E-state index in [2.05, 4.69) is 20.1 Å². The van der Waals surface area contributed by atoms with Gasteiger partial charge in [0, 0.05) is 18.4 Å². The fourth-order valence-corrected chi connectivity index (χ4v) is 1.93. The second-order valence-corrected chi connectivity index (χ2v) is 4.98. The van der Waals surface area contributed by atoms with Gasteiger partial charge in [0.1, 0.15) is 5.82 Å². The van der Waals surface area contributed by atoms with Gasteiger partial charge in [-0.25, -0.2) is 9.97 Å². The van der Waals surface area contributed by atoms with Crippen LogP contribution < -0.4 is 0 Å². The zero-order valence-electron chi connectivity index (χ0n) is 11.3. The van der Waals surface area contributed by atoms with Crippen LogP contribution in [0.3, 0.4) is 0 Å². The van der Waals surface area contributed by atoms with E-state index < -0.39 is 11.7 Å². The van der Waals surface area contributed by atoms with E-state index in [4.69, 9.17) is 0 Å². The summed E-state index contributed by atoms with van der Waals surface area (Å²) in [6.07, 6.45) is -0.241. The van der Waals surface area contributed by atoms with Gasteiger partial charge in [0.2, 0.25) is 0 Å². The standard InChI is InChI=1S/C13H12F3N5/c1-7(2)21-6-8(4-18-21)11-19-10-3-9(13(14,15)16)5-17-12(10)20-11/h3-7H,1-2H3,(H,17,19,20). The molecule has 8 heteroatoms. The average Bonchev–Trinajstić information content (AvgIpc) is 3.03. The van der Waals surface area contributed by atoms with Crippen LogP contribution in [-0.4, -0.2) is 24.7 Å². The van der Waals surface area contributed by atoms with Crippen LogP contribution >= 0.6 is 0 Å². The van der Waals surface area contributed by atoms with Crippen molar-refractivity contribution in [3.05, 3.63) is 30.2 Å². The number of halogens is 3. The summed E-state index contributed by atoms with van der Waals surface area (Å²) in [4.78, 5) is 10.8. The zero-order chi connectivity index (χ0) is 15.2. The third-order valence-electron chi connectivity index (χ3n) is 3.07. The molecule has 0 bridgehead atoms. The second-order valence-electron chi connectivity index (χ2n) is 4.98. The number of pyridine rings is 1. The molecule has 0 aliphatic rings. The quantitative estimate of drug-likeness (QED) is 0.788. The highest BCUT2D eigenvalue weighted by Crippen LogP contribution is 2.30. The summed E-state index contributed by atoms with van der Waals surface area (Å²) in [6, 6.07) is 1.20. The molecule has 1 N–H and O–H groups in total. The third-order valence-corrected chi connectivity index (χ3v) is 3.07. The number of aromatic nitrogens is 5. The van der Waals surface area contributed by atoms with Gasteiger partial charge >= 0.3 is 6.18 Å². The van der Waals surface area contributed by atoms with Crippen LogP contribution in [0, 0.1) is 0 Å². The van der Waals surface area contributed by atoms with Crippen LogP contribution in [0.2, 0.25) is 0 Å². The monoisotopic (exact) mass is 295 g/mol. The Bertz CT molecular complexity index is 785. The second kappa shape index (κ2) is 4.57. The minimum Gasteiger partial charge on any atom is -0.336 e. The maximum absolute atomic E-state index is 12.7. The highest BCUT2D eigenvalue weighted by Gasteiger charge is 2.31. The van der Waals surface area contributed by atoms with E-state index in [1.165, 1.54) is 0 Å². The molecule has 110 valence electrons. The summed E-state index contributed by atoms with van der Waals surface area (Å²) in [5, 5.41) is 4.18. The lowest BCUT2D eigenvalue weighted by molar-refractivity contribution is -0.137. The molecule has 0 aromatic carbocycles. The van der Waals surface area contributed by atoms with Crippen molar-refractivity contribution in [3.63, 3.8) is 0 Å². The molecular weight excluding hydrogens is 283 g/mol. The van der Waals surface area contributed by atoms with Crippen LogP contribution in [0.1, 0.15) is 25.5 Å². The molecule has 5 nitrogen and oxygen atoms in total. The molecule has 3 aromatic heterocycles. The van der Waals surface area contributed by atoms with E-state index in [9.17, 15) is 13.2 Å². The topological polar surface area (TPSA) is 59.4 Å². The van der Waals surface area contributed by atoms with Crippen LogP contribution in [-0.2, 0) is 6.18 Å². The molecule has 0 radical (unpaired) electrons. The number of alkyl halides is 3. The summed E-state index contributed by atoms with van der Waals surface area (Å²) in [7, 11) is 0. The predicted molar refractivity (Wildman–Crippen MR) is 70.5 cm³/mol. The van der Waals surface area contributed by atoms with E-state index in [-0.39, 0.29) is 17.2 Å². The smallest absolute Gasteiger partial charge is 0.336 e. The van der Waals surface area contributed by atoms with E-state index in [0.29, 0.717) is 11.4 Å². The SMILES string of the molecule is CC(C)n1cc(-c2nc3ncc(C(F)(F)F)cc3[nH]2)cn1. The number of nitrogens with one attached hydrogen (secondary N) is 1. The number of nitrogens with zero attached hydrogens (tertiary/aromatic N) is 4. The molecule has 0 saturated heterocycles. The Morgan fingerprint density at radius 1 is 1.24 bits per heavy atom. The van der Waals surface area contributed by atoms with Crippen molar-refractivity contribution < 1.29 is 13.2 Å². The van der Waals surface area contributed by atoms with E-state index >= 15 is 0 Å². The fourth-order valence-electron chi connectivity index (χ4n) is 1.93. The molecule has 0 fully saturated rings. The number of imidazole rings is 1. The van der Waals surface area contributed by atoms with Gasteiger partial charge in [0.25, 0.3) is 0 Å². The third kappa shape index (κ3) is 2.48. The van der Waals surface area contributed by atoms with Crippen molar-refractivity contribution in [2.24, 2.45) is 0 Å². The summed E-state index contributed by atoms with van der Waals surface area (Å²) in [5.41, 5.74) is 0.394. The minimum atomic E-state index is -4.42. The number of aromatic amines is 1. The first-order valence-corrected chi connectivity index (χ1v) is 6.32. The molecule has 0 atom stereocenters. The Balaban J connectivity index is 2.04. The highest BCUT2D eigenvalue weighted by molar-refractivity contribution is 5.76. The normalized spacial score (nSPS) is 12.5. The molecule has 3 heterocycles. The Hall–Kier alpha value is -2.38. The van der Waals surface area contributed by atoms with Crippen molar-refractivity contribution in [3.8, 4) is 11.4 Å².